The zero-order chi connectivity index (χ0) is 17.3. The molecule has 0 radical (unpaired) electrons. The van der Waals surface area contributed by atoms with Crippen LogP contribution in [-0.2, 0) is 9.47 Å². The van der Waals surface area contributed by atoms with Crippen molar-refractivity contribution in [3.8, 4) is 0 Å². The molecule has 1 saturated heterocycles. The molecular weight excluding hydrogens is 431 g/mol. The van der Waals surface area contributed by atoms with Gasteiger partial charge in [-0.05, 0) is 34.7 Å². The third-order valence-electron chi connectivity index (χ3n) is 3.55. The first-order chi connectivity index (χ1) is 11.5. The number of rotatable bonds is 3. The number of nitrogens with zero attached hydrogens (tertiary/aromatic N) is 1. The first-order valence-electron chi connectivity index (χ1n) is 7.04. The lowest BCUT2D eigenvalue weighted by atomic mass is 10.2. The summed E-state index contributed by atoms with van der Waals surface area (Å²) in [4.78, 5) is 37.8. The summed E-state index contributed by atoms with van der Waals surface area (Å²) in [5.74, 6) is -0.637. The van der Waals surface area contributed by atoms with E-state index in [1.54, 1.807) is 52.9 Å². The van der Waals surface area contributed by atoms with Crippen LogP contribution in [0.2, 0.25) is 0 Å². The Kier molecular flexibility index (Phi) is 4.83. The third-order valence-corrected chi connectivity index (χ3v) is 4.32. The summed E-state index contributed by atoms with van der Waals surface area (Å²) < 4.78 is 12.1. The second-order valence-electron chi connectivity index (χ2n) is 5.17. The number of aromatic nitrogens is 2. The summed E-state index contributed by atoms with van der Waals surface area (Å²) in [6.07, 6.45) is -1.88. The Bertz CT molecular complexity index is 862. The number of esters is 1. The molecule has 8 nitrogen and oxygen atoms in total. The Labute approximate surface area is 149 Å². The molecule has 2 N–H and O–H groups in total. The van der Waals surface area contributed by atoms with E-state index in [1.807, 2.05) is 0 Å². The number of carbonyl (C=O) groups excluding carboxylic acids is 1. The van der Waals surface area contributed by atoms with Crippen LogP contribution in [0.4, 0.5) is 0 Å². The Morgan fingerprint density at radius 3 is 2.75 bits per heavy atom. The van der Waals surface area contributed by atoms with Gasteiger partial charge in [-0.2, -0.15) is 0 Å². The van der Waals surface area contributed by atoms with Crippen LogP contribution >= 0.6 is 22.6 Å². The summed E-state index contributed by atoms with van der Waals surface area (Å²) in [7, 11) is 0. The molecule has 0 bridgehead atoms. The van der Waals surface area contributed by atoms with Crippen LogP contribution in [0.1, 0.15) is 16.6 Å². The lowest BCUT2D eigenvalue weighted by Crippen LogP contribution is -2.40. The number of ether oxygens (including phenoxy) is 2. The normalized spacial score (nSPS) is 23.2. The van der Waals surface area contributed by atoms with E-state index >= 15 is 0 Å². The second kappa shape index (κ2) is 6.87. The van der Waals surface area contributed by atoms with Crippen LogP contribution in [0.25, 0.3) is 0 Å². The van der Waals surface area contributed by atoms with Crippen molar-refractivity contribution in [2.45, 2.75) is 18.4 Å². The second-order valence-corrected chi connectivity index (χ2v) is 6.33. The summed E-state index contributed by atoms with van der Waals surface area (Å²) in [5, 5.41) is 10.0. The lowest BCUT2D eigenvalue weighted by Gasteiger charge is -2.22. The van der Waals surface area contributed by atoms with Gasteiger partial charge in [0.2, 0.25) is 0 Å². The standard InChI is InChI=1S/C15H13IN2O6/c16-9-6-18(15(22)17-12(9)20)13-11(10(19)7-23-13)24-14(21)8-4-2-1-3-5-8/h1-6,10-11,13,19H,7H2,(H,17,20,22)/t10-,11+,13?/m0/s1. The van der Waals surface area contributed by atoms with E-state index in [0.717, 1.165) is 4.57 Å². The maximum atomic E-state index is 12.2. The number of hydrogen-bond donors (Lipinski definition) is 2. The number of nitrogens with one attached hydrogen (secondary N) is 1. The third kappa shape index (κ3) is 3.28. The number of H-pyrrole nitrogens is 1. The highest BCUT2D eigenvalue weighted by molar-refractivity contribution is 14.1. The monoisotopic (exact) mass is 444 g/mol. The van der Waals surface area contributed by atoms with Crippen molar-refractivity contribution in [2.24, 2.45) is 0 Å². The minimum absolute atomic E-state index is 0.0977. The topological polar surface area (TPSA) is 111 Å². The van der Waals surface area contributed by atoms with E-state index in [0.29, 0.717) is 5.56 Å². The van der Waals surface area contributed by atoms with Crippen molar-refractivity contribution in [3.63, 3.8) is 0 Å². The van der Waals surface area contributed by atoms with E-state index in [9.17, 15) is 19.5 Å². The zero-order valence-electron chi connectivity index (χ0n) is 12.2. The van der Waals surface area contributed by atoms with Crippen LogP contribution in [-0.4, -0.2) is 39.4 Å². The highest BCUT2D eigenvalue weighted by Crippen LogP contribution is 2.26. The summed E-state index contributed by atoms with van der Waals surface area (Å²) in [5.41, 5.74) is -0.910. The van der Waals surface area contributed by atoms with Gasteiger partial charge in [-0.1, -0.05) is 18.2 Å². The molecule has 1 aromatic carbocycles. The van der Waals surface area contributed by atoms with Gasteiger partial charge in [0, 0.05) is 6.20 Å². The van der Waals surface area contributed by atoms with E-state index in [4.69, 9.17) is 9.47 Å². The predicted octanol–water partition coefficient (Wildman–Crippen LogP) is 0.256. The molecule has 0 aliphatic carbocycles. The van der Waals surface area contributed by atoms with Gasteiger partial charge in [-0.15, -0.1) is 0 Å². The molecule has 3 rings (SSSR count). The van der Waals surface area contributed by atoms with E-state index in [2.05, 4.69) is 4.98 Å². The fourth-order valence-electron chi connectivity index (χ4n) is 2.37. The largest absolute Gasteiger partial charge is 0.451 e. The predicted molar refractivity (Wildman–Crippen MR) is 90.7 cm³/mol. The average Bonchev–Trinajstić information content (AvgIpc) is 2.92. The van der Waals surface area contributed by atoms with Gasteiger partial charge < -0.3 is 14.6 Å². The highest BCUT2D eigenvalue weighted by atomic mass is 127. The number of hydrogen-bond acceptors (Lipinski definition) is 6. The van der Waals surface area contributed by atoms with Gasteiger partial charge in [0.05, 0.1) is 15.7 Å². The summed E-state index contributed by atoms with van der Waals surface area (Å²) in [6.45, 7) is -0.0977. The maximum Gasteiger partial charge on any atom is 0.338 e. The van der Waals surface area contributed by atoms with Crippen LogP contribution in [0.5, 0.6) is 0 Å². The molecule has 1 aliphatic rings. The fourth-order valence-corrected chi connectivity index (χ4v) is 2.80. The number of carbonyl (C=O) groups is 1. The Balaban J connectivity index is 1.89. The first kappa shape index (κ1) is 16.9. The number of aromatic amines is 1. The van der Waals surface area contributed by atoms with Crippen LogP contribution in [0.15, 0.2) is 46.1 Å². The number of halogens is 1. The number of benzene rings is 1. The van der Waals surface area contributed by atoms with Gasteiger partial charge in [-0.3, -0.25) is 14.3 Å². The Morgan fingerprint density at radius 1 is 1.33 bits per heavy atom. The number of aliphatic hydroxyl groups excluding tert-OH is 1. The summed E-state index contributed by atoms with van der Waals surface area (Å²) >= 11 is 1.77. The molecule has 3 atom stereocenters. The van der Waals surface area contributed by atoms with Crippen molar-refractivity contribution in [1.29, 1.82) is 0 Å². The smallest absolute Gasteiger partial charge is 0.338 e. The molecule has 126 valence electrons. The summed E-state index contributed by atoms with van der Waals surface area (Å²) in [6, 6.07) is 8.28. The molecular formula is C15H13IN2O6. The molecule has 0 spiro atoms. The average molecular weight is 444 g/mol. The molecule has 1 aromatic heterocycles. The molecule has 9 heteroatoms. The van der Waals surface area contributed by atoms with Gasteiger partial charge in [-0.25, -0.2) is 9.59 Å². The molecule has 0 amide bonds. The SMILES string of the molecule is O=C(O[C@H]1C(n2cc(I)c(=O)[nH]c2=O)OC[C@@H]1O)c1ccccc1. The molecule has 1 aliphatic heterocycles. The maximum absolute atomic E-state index is 12.2. The van der Waals surface area contributed by atoms with Crippen molar-refractivity contribution >= 4 is 28.6 Å². The van der Waals surface area contributed by atoms with Gasteiger partial charge in [0.25, 0.3) is 5.56 Å². The van der Waals surface area contributed by atoms with Crippen LogP contribution < -0.4 is 11.2 Å². The van der Waals surface area contributed by atoms with Crippen molar-refractivity contribution in [3.05, 3.63) is 66.5 Å². The van der Waals surface area contributed by atoms with E-state index in [1.165, 1.54) is 6.20 Å². The molecule has 2 heterocycles. The van der Waals surface area contributed by atoms with Gasteiger partial charge in [0.1, 0.15) is 6.10 Å². The van der Waals surface area contributed by atoms with E-state index in [-0.39, 0.29) is 10.2 Å². The van der Waals surface area contributed by atoms with Gasteiger partial charge in [0.15, 0.2) is 12.3 Å². The van der Waals surface area contributed by atoms with E-state index < -0.39 is 35.7 Å². The fraction of sp³-hybridized carbons (Fsp3) is 0.267. The molecule has 2 aromatic rings. The van der Waals surface area contributed by atoms with Crippen molar-refractivity contribution in [1.82, 2.24) is 9.55 Å². The Hall–Kier alpha value is -1.98. The van der Waals surface area contributed by atoms with Gasteiger partial charge >= 0.3 is 11.7 Å². The molecule has 1 unspecified atom stereocenters. The minimum atomic E-state index is -1.08. The van der Waals surface area contributed by atoms with Crippen molar-refractivity contribution in [2.75, 3.05) is 6.61 Å². The molecule has 0 saturated carbocycles. The Morgan fingerprint density at radius 2 is 2.04 bits per heavy atom. The highest BCUT2D eigenvalue weighted by Gasteiger charge is 2.41. The lowest BCUT2D eigenvalue weighted by molar-refractivity contribution is -0.0437. The molecule has 24 heavy (non-hydrogen) atoms. The van der Waals surface area contributed by atoms with Crippen LogP contribution in [0.3, 0.4) is 0 Å². The van der Waals surface area contributed by atoms with Crippen LogP contribution in [0, 0.1) is 3.57 Å². The number of aliphatic hydroxyl groups is 1. The zero-order valence-corrected chi connectivity index (χ0v) is 14.4. The van der Waals surface area contributed by atoms with Crippen molar-refractivity contribution < 1.29 is 19.4 Å². The quantitative estimate of drug-likeness (QED) is 0.519. The minimum Gasteiger partial charge on any atom is -0.451 e. The molecule has 1 fully saturated rings. The first-order valence-corrected chi connectivity index (χ1v) is 8.12.